The Hall–Kier alpha value is -1.56. The Labute approximate surface area is 107 Å². The fourth-order valence-electron chi connectivity index (χ4n) is 2.01. The first-order valence-corrected chi connectivity index (χ1v) is 5.97. The van der Waals surface area contributed by atoms with Crippen LogP contribution in [0.25, 0.3) is 0 Å². The van der Waals surface area contributed by atoms with Crippen molar-refractivity contribution in [3.8, 4) is 0 Å². The summed E-state index contributed by atoms with van der Waals surface area (Å²) in [7, 11) is 1.66. The van der Waals surface area contributed by atoms with E-state index in [0.717, 1.165) is 12.8 Å². The lowest BCUT2D eigenvalue weighted by atomic mass is 10.1. The summed E-state index contributed by atoms with van der Waals surface area (Å²) < 4.78 is 5.23. The van der Waals surface area contributed by atoms with Crippen molar-refractivity contribution in [3.05, 3.63) is 12.7 Å². The zero-order chi connectivity index (χ0) is 13.5. The van der Waals surface area contributed by atoms with E-state index in [1.54, 1.807) is 12.0 Å². The van der Waals surface area contributed by atoms with Crippen molar-refractivity contribution in [1.29, 1.82) is 0 Å². The molecular formula is C12H20N2O4. The van der Waals surface area contributed by atoms with E-state index in [-0.39, 0.29) is 25.2 Å². The minimum Gasteiger partial charge on any atom is -0.480 e. The van der Waals surface area contributed by atoms with Gasteiger partial charge in [-0.2, -0.15) is 0 Å². The van der Waals surface area contributed by atoms with Gasteiger partial charge in [-0.3, -0.25) is 4.79 Å². The Morgan fingerprint density at radius 2 is 2.11 bits per heavy atom. The van der Waals surface area contributed by atoms with Gasteiger partial charge < -0.3 is 19.6 Å². The summed E-state index contributed by atoms with van der Waals surface area (Å²) in [6.45, 7) is 4.69. The molecular weight excluding hydrogens is 236 g/mol. The number of aliphatic carboxylic acids is 1. The van der Waals surface area contributed by atoms with E-state index in [1.807, 2.05) is 0 Å². The average Bonchev–Trinajstić information content (AvgIpc) is 2.37. The lowest BCUT2D eigenvalue weighted by Crippen LogP contribution is -2.49. The maximum atomic E-state index is 12.1. The monoisotopic (exact) mass is 256 g/mol. The number of carbonyl (C=O) groups is 2. The fourth-order valence-corrected chi connectivity index (χ4v) is 2.01. The minimum absolute atomic E-state index is 0.196. The summed E-state index contributed by atoms with van der Waals surface area (Å²) in [6, 6.07) is -0.244. The van der Waals surface area contributed by atoms with Crippen molar-refractivity contribution in [3.63, 3.8) is 0 Å². The van der Waals surface area contributed by atoms with Crippen LogP contribution in [0.1, 0.15) is 12.8 Å². The maximum absolute atomic E-state index is 12.1. The minimum atomic E-state index is -1.02. The van der Waals surface area contributed by atoms with E-state index in [2.05, 4.69) is 6.58 Å². The molecule has 102 valence electrons. The number of piperidine rings is 1. The second-order valence-electron chi connectivity index (χ2n) is 4.27. The molecule has 0 aromatic heterocycles. The molecule has 1 aliphatic heterocycles. The normalized spacial score (nSPS) is 16.4. The average molecular weight is 256 g/mol. The van der Waals surface area contributed by atoms with Gasteiger partial charge in [0.1, 0.15) is 6.54 Å². The number of nitrogens with zero attached hydrogens (tertiary/aromatic N) is 2. The van der Waals surface area contributed by atoms with Crippen LogP contribution in [-0.2, 0) is 9.53 Å². The second-order valence-corrected chi connectivity index (χ2v) is 4.27. The van der Waals surface area contributed by atoms with E-state index in [4.69, 9.17) is 9.84 Å². The molecule has 1 heterocycles. The van der Waals surface area contributed by atoms with Gasteiger partial charge in [0.25, 0.3) is 0 Å². The first-order chi connectivity index (χ1) is 8.58. The number of rotatable bonds is 5. The number of carboxylic acids is 1. The summed E-state index contributed by atoms with van der Waals surface area (Å²) in [5.41, 5.74) is 0. The van der Waals surface area contributed by atoms with Gasteiger partial charge in [-0.25, -0.2) is 4.79 Å². The molecule has 1 N–H and O–H groups in total. The van der Waals surface area contributed by atoms with Gasteiger partial charge in [0, 0.05) is 26.7 Å². The zero-order valence-corrected chi connectivity index (χ0v) is 10.7. The Bertz CT molecular complexity index is 311. The largest absolute Gasteiger partial charge is 0.480 e. The Kier molecular flexibility index (Phi) is 5.64. The van der Waals surface area contributed by atoms with Gasteiger partial charge in [0.15, 0.2) is 0 Å². The molecule has 1 rings (SSSR count). The van der Waals surface area contributed by atoms with E-state index >= 15 is 0 Å². The third kappa shape index (κ3) is 4.03. The van der Waals surface area contributed by atoms with Crippen LogP contribution < -0.4 is 0 Å². The number of carboxylic acid groups (broad SMARTS) is 1. The summed E-state index contributed by atoms with van der Waals surface area (Å²) >= 11 is 0. The van der Waals surface area contributed by atoms with Crippen molar-refractivity contribution >= 4 is 12.0 Å². The van der Waals surface area contributed by atoms with Crippen LogP contribution in [0.5, 0.6) is 0 Å². The molecule has 1 aliphatic rings. The van der Waals surface area contributed by atoms with Crippen LogP contribution in [0.2, 0.25) is 0 Å². The standard InChI is InChI=1S/C12H20N2O4/c1-3-6-14(9-11(15)16)12(17)13-7-4-10(18-2)5-8-13/h3,10H,1,4-9H2,2H3,(H,15,16). The highest BCUT2D eigenvalue weighted by Gasteiger charge is 2.26. The lowest BCUT2D eigenvalue weighted by molar-refractivity contribution is -0.137. The molecule has 0 aliphatic carbocycles. The Morgan fingerprint density at radius 1 is 1.50 bits per heavy atom. The van der Waals surface area contributed by atoms with E-state index in [0.29, 0.717) is 13.1 Å². The van der Waals surface area contributed by atoms with Crippen LogP contribution in [0.4, 0.5) is 4.79 Å². The van der Waals surface area contributed by atoms with Crippen LogP contribution in [-0.4, -0.2) is 66.3 Å². The van der Waals surface area contributed by atoms with E-state index in [1.165, 1.54) is 11.0 Å². The van der Waals surface area contributed by atoms with Crippen molar-refractivity contribution in [1.82, 2.24) is 9.80 Å². The molecule has 0 aromatic rings. The van der Waals surface area contributed by atoms with Crippen molar-refractivity contribution in [2.75, 3.05) is 33.3 Å². The number of hydrogen-bond acceptors (Lipinski definition) is 3. The number of carbonyl (C=O) groups excluding carboxylic acids is 1. The summed E-state index contributed by atoms with van der Waals surface area (Å²) in [5, 5.41) is 8.77. The highest BCUT2D eigenvalue weighted by molar-refractivity contribution is 5.80. The first-order valence-electron chi connectivity index (χ1n) is 5.97. The van der Waals surface area contributed by atoms with E-state index < -0.39 is 5.97 Å². The molecule has 1 saturated heterocycles. The van der Waals surface area contributed by atoms with Crippen molar-refractivity contribution < 1.29 is 19.4 Å². The molecule has 0 radical (unpaired) electrons. The zero-order valence-electron chi connectivity index (χ0n) is 10.7. The quantitative estimate of drug-likeness (QED) is 0.738. The first kappa shape index (κ1) is 14.5. The van der Waals surface area contributed by atoms with Crippen molar-refractivity contribution in [2.24, 2.45) is 0 Å². The Morgan fingerprint density at radius 3 is 2.56 bits per heavy atom. The molecule has 0 bridgehead atoms. The fraction of sp³-hybridized carbons (Fsp3) is 0.667. The van der Waals surface area contributed by atoms with Gasteiger partial charge in [-0.1, -0.05) is 6.08 Å². The number of methoxy groups -OCH3 is 1. The summed E-state index contributed by atoms with van der Waals surface area (Å²) in [6.07, 6.45) is 3.30. The predicted octanol–water partition coefficient (Wildman–Crippen LogP) is 0.790. The number of likely N-dealkylation sites (tertiary alicyclic amines) is 1. The third-order valence-corrected chi connectivity index (χ3v) is 2.99. The third-order valence-electron chi connectivity index (χ3n) is 2.99. The van der Waals surface area contributed by atoms with Gasteiger partial charge in [-0.15, -0.1) is 6.58 Å². The highest BCUT2D eigenvalue weighted by atomic mass is 16.5. The topological polar surface area (TPSA) is 70.1 Å². The SMILES string of the molecule is C=CCN(CC(=O)O)C(=O)N1CCC(OC)CC1. The molecule has 0 aromatic carbocycles. The molecule has 6 nitrogen and oxygen atoms in total. The van der Waals surface area contributed by atoms with Crippen LogP contribution in [0.15, 0.2) is 12.7 Å². The number of hydrogen-bond donors (Lipinski definition) is 1. The van der Waals surface area contributed by atoms with Crippen LogP contribution >= 0.6 is 0 Å². The molecule has 0 saturated carbocycles. The van der Waals surface area contributed by atoms with Gasteiger partial charge in [0.05, 0.1) is 6.10 Å². The predicted molar refractivity (Wildman–Crippen MR) is 66.4 cm³/mol. The van der Waals surface area contributed by atoms with Crippen molar-refractivity contribution in [2.45, 2.75) is 18.9 Å². The lowest BCUT2D eigenvalue weighted by Gasteiger charge is -2.34. The molecule has 6 heteroatoms. The smallest absolute Gasteiger partial charge is 0.323 e. The summed E-state index contributed by atoms with van der Waals surface area (Å²) in [4.78, 5) is 25.8. The number of urea groups is 1. The van der Waals surface area contributed by atoms with Crippen LogP contribution in [0.3, 0.4) is 0 Å². The highest BCUT2D eigenvalue weighted by Crippen LogP contribution is 2.14. The molecule has 18 heavy (non-hydrogen) atoms. The number of ether oxygens (including phenoxy) is 1. The number of amides is 2. The van der Waals surface area contributed by atoms with Gasteiger partial charge >= 0.3 is 12.0 Å². The Balaban J connectivity index is 2.55. The maximum Gasteiger partial charge on any atom is 0.323 e. The molecule has 0 spiro atoms. The van der Waals surface area contributed by atoms with Gasteiger partial charge in [0.2, 0.25) is 0 Å². The molecule has 0 atom stereocenters. The molecule has 0 unspecified atom stereocenters. The molecule has 1 fully saturated rings. The van der Waals surface area contributed by atoms with Crippen LogP contribution in [0, 0.1) is 0 Å². The summed E-state index contributed by atoms with van der Waals surface area (Å²) in [5.74, 6) is -1.02. The molecule has 2 amide bonds. The van der Waals surface area contributed by atoms with Gasteiger partial charge in [-0.05, 0) is 12.8 Å². The van der Waals surface area contributed by atoms with E-state index in [9.17, 15) is 9.59 Å². The second kappa shape index (κ2) is 7.00.